The summed E-state index contributed by atoms with van der Waals surface area (Å²) < 4.78 is 77.8. The molecule has 132 valence electrons. The molecule has 0 rings (SSSR count). The van der Waals surface area contributed by atoms with Gasteiger partial charge in [0.1, 0.15) is 0 Å². The maximum Gasteiger partial charge on any atom is 4.00 e. The minimum atomic E-state index is -3.38. The molecule has 0 saturated heterocycles. The SMILES string of the molecule is C[As](C)(=O)[O-].C[As](C)(=O)[O-].C[As](C)(=O)[O-].C[As](C)(=O)[O-].[Os+4]. The molecule has 0 unspecified atom stereocenters. The van der Waals surface area contributed by atoms with Crippen LogP contribution in [0.3, 0.4) is 0 Å². The van der Waals surface area contributed by atoms with Gasteiger partial charge in [0.05, 0.1) is 0 Å². The van der Waals surface area contributed by atoms with Crippen LogP contribution in [0.2, 0.25) is 45.7 Å². The molecular formula is C8H24As4O8Os. The van der Waals surface area contributed by atoms with E-state index in [1.807, 2.05) is 0 Å². The minimum Gasteiger partial charge on any atom is 4.00 e. The molecule has 0 aliphatic carbocycles. The fraction of sp³-hybridized carbons (Fsp3) is 1.00. The minimum absolute atomic E-state index is 0. The Kier molecular flexibility index (Phi) is 23.3. The zero-order chi connectivity index (χ0) is 18.0. The van der Waals surface area contributed by atoms with Crippen LogP contribution in [0.5, 0.6) is 0 Å². The molecule has 0 aliphatic rings. The average molecular weight is 738 g/mol. The van der Waals surface area contributed by atoms with E-state index in [1.165, 1.54) is 45.7 Å². The van der Waals surface area contributed by atoms with Crippen LogP contribution in [0, 0.1) is 0 Å². The van der Waals surface area contributed by atoms with Crippen molar-refractivity contribution in [3.63, 3.8) is 0 Å². The van der Waals surface area contributed by atoms with Gasteiger partial charge >= 0.3 is 152 Å². The van der Waals surface area contributed by atoms with Gasteiger partial charge in [0.15, 0.2) is 0 Å². The second-order valence-corrected chi connectivity index (χ2v) is 26.0. The Labute approximate surface area is 150 Å². The summed E-state index contributed by atoms with van der Waals surface area (Å²) in [7, 11) is 0. The van der Waals surface area contributed by atoms with Gasteiger partial charge in [-0.2, -0.15) is 0 Å². The van der Waals surface area contributed by atoms with Crippen LogP contribution in [-0.4, -0.2) is 55.3 Å². The van der Waals surface area contributed by atoms with Gasteiger partial charge in [-0.3, -0.25) is 0 Å². The van der Waals surface area contributed by atoms with E-state index in [1.54, 1.807) is 0 Å². The largest absolute Gasteiger partial charge is 4.00 e. The van der Waals surface area contributed by atoms with E-state index >= 15 is 0 Å². The van der Waals surface area contributed by atoms with Crippen LogP contribution in [0.25, 0.3) is 0 Å². The fourth-order valence-corrected chi connectivity index (χ4v) is 0. The molecule has 13 heteroatoms. The van der Waals surface area contributed by atoms with Crippen molar-refractivity contribution in [2.24, 2.45) is 0 Å². The molecule has 0 aromatic heterocycles. The number of hydrogen-bond acceptors (Lipinski definition) is 8. The summed E-state index contributed by atoms with van der Waals surface area (Å²) in [6, 6.07) is 0. The molecule has 0 radical (unpaired) electrons. The quantitative estimate of drug-likeness (QED) is 0.256. The molecule has 21 heavy (non-hydrogen) atoms. The Morgan fingerprint density at radius 3 is 0.429 bits per heavy atom. The van der Waals surface area contributed by atoms with E-state index in [0.29, 0.717) is 0 Å². The molecule has 0 atom stereocenters. The first-order chi connectivity index (χ1) is 8.00. The second-order valence-electron chi connectivity index (χ2n) is 5.01. The number of rotatable bonds is 0. The van der Waals surface area contributed by atoms with Gasteiger partial charge < -0.3 is 0 Å². The van der Waals surface area contributed by atoms with Crippen LogP contribution < -0.4 is 16.4 Å². The van der Waals surface area contributed by atoms with Gasteiger partial charge in [-0.15, -0.1) is 0 Å². The van der Waals surface area contributed by atoms with Crippen LogP contribution in [0.15, 0.2) is 0 Å². The third kappa shape index (κ3) is 2380. The van der Waals surface area contributed by atoms with Gasteiger partial charge in [-0.25, -0.2) is 0 Å². The maximum atomic E-state index is 9.72. The first kappa shape index (κ1) is 34.3. The molecular weight excluding hydrogens is 714 g/mol. The first-order valence-corrected chi connectivity index (χ1v) is 26.2. The first-order valence-electron chi connectivity index (χ1n) is 5.04. The zero-order valence-corrected chi connectivity index (χ0v) is 23.5. The second kappa shape index (κ2) is 14.3. The van der Waals surface area contributed by atoms with Crippen molar-refractivity contribution < 1.29 is 51.1 Å². The van der Waals surface area contributed by atoms with Gasteiger partial charge in [-0.1, -0.05) is 0 Å². The predicted molar refractivity (Wildman–Crippen MR) is 72.7 cm³/mol. The van der Waals surface area contributed by atoms with Gasteiger partial charge in [0.2, 0.25) is 0 Å². The summed E-state index contributed by atoms with van der Waals surface area (Å²) in [6.07, 6.45) is 0. The third-order valence-corrected chi connectivity index (χ3v) is 0. The van der Waals surface area contributed by atoms with Gasteiger partial charge in [0.25, 0.3) is 0 Å². The van der Waals surface area contributed by atoms with Crippen LogP contribution >= 0.6 is 0 Å². The molecule has 8 nitrogen and oxygen atoms in total. The summed E-state index contributed by atoms with van der Waals surface area (Å²) in [4.78, 5) is 0. The Bertz CT molecular complexity index is 301. The van der Waals surface area contributed by atoms with Crippen molar-refractivity contribution in [3.8, 4) is 0 Å². The molecule has 0 saturated carbocycles. The summed E-state index contributed by atoms with van der Waals surface area (Å²) in [5, 5.41) is 0. The van der Waals surface area contributed by atoms with Crippen LogP contribution in [0.1, 0.15) is 0 Å². The van der Waals surface area contributed by atoms with Crippen molar-refractivity contribution in [1.82, 2.24) is 0 Å². The van der Waals surface area contributed by atoms with E-state index in [9.17, 15) is 31.3 Å². The predicted octanol–water partition coefficient (Wildman–Crippen LogP) is -2.09. The van der Waals surface area contributed by atoms with E-state index in [0.717, 1.165) is 0 Å². The molecule has 0 fully saturated rings. The van der Waals surface area contributed by atoms with E-state index in [4.69, 9.17) is 0 Å². The Morgan fingerprint density at radius 2 is 0.429 bits per heavy atom. The van der Waals surface area contributed by atoms with E-state index in [-0.39, 0.29) is 19.8 Å². The van der Waals surface area contributed by atoms with E-state index in [2.05, 4.69) is 0 Å². The molecule has 0 heterocycles. The Hall–Kier alpha value is 1.91. The Balaban J connectivity index is -0.0000000533. The van der Waals surface area contributed by atoms with Crippen LogP contribution in [0.4, 0.5) is 0 Å². The summed E-state index contributed by atoms with van der Waals surface area (Å²) >= 11 is -13.5. The van der Waals surface area contributed by atoms with Crippen molar-refractivity contribution in [1.29, 1.82) is 0 Å². The number of hydrogen-bond donors (Lipinski definition) is 0. The Morgan fingerprint density at radius 1 is 0.429 bits per heavy atom. The fourth-order valence-electron chi connectivity index (χ4n) is 0. The molecule has 0 N–H and O–H groups in total. The van der Waals surface area contributed by atoms with Gasteiger partial charge in [-0.05, 0) is 0 Å². The summed E-state index contributed by atoms with van der Waals surface area (Å²) in [5.41, 5.74) is 9.99. The molecule has 0 bridgehead atoms. The molecule has 0 aromatic carbocycles. The van der Waals surface area contributed by atoms with Crippen molar-refractivity contribution in [2.45, 2.75) is 45.7 Å². The van der Waals surface area contributed by atoms with Crippen molar-refractivity contribution >= 4 is 55.3 Å². The van der Waals surface area contributed by atoms with E-state index < -0.39 is 55.3 Å². The molecule has 0 amide bonds. The maximum absolute atomic E-state index is 9.72. The summed E-state index contributed by atoms with van der Waals surface area (Å²) in [5.74, 6) is 0. The molecule has 0 aliphatic heterocycles. The van der Waals surface area contributed by atoms with Crippen molar-refractivity contribution in [2.75, 3.05) is 0 Å². The molecule has 0 aromatic rings. The van der Waals surface area contributed by atoms with Gasteiger partial charge in [0, 0.05) is 0 Å². The normalized spacial score (nSPS) is 11.2. The molecule has 0 spiro atoms. The zero-order valence-electron chi connectivity index (χ0n) is 13.4. The summed E-state index contributed by atoms with van der Waals surface area (Å²) in [6.45, 7) is 0. The van der Waals surface area contributed by atoms with Crippen molar-refractivity contribution in [3.05, 3.63) is 0 Å². The monoisotopic (exact) mass is 740 g/mol. The average Bonchev–Trinajstić information content (AvgIpc) is 1.62. The smallest absolute Gasteiger partial charge is 4.00 e. The standard InChI is InChI=1S/4C2H7AsO2.Os/c4*1-3(2,4)5;/h4*1-2H3,(H,4,5);/q;;;;+4/p-4. The van der Waals surface area contributed by atoms with Crippen LogP contribution in [-0.2, 0) is 34.7 Å². The topological polar surface area (TPSA) is 161 Å². The third-order valence-electron chi connectivity index (χ3n) is 0.